The molecule has 0 aliphatic carbocycles. The molecule has 1 fully saturated rings. The summed E-state index contributed by atoms with van der Waals surface area (Å²) in [7, 11) is 0. The number of esters is 1. The van der Waals surface area contributed by atoms with E-state index < -0.39 is 67.4 Å². The van der Waals surface area contributed by atoms with Gasteiger partial charge in [-0.05, 0) is 109 Å². The van der Waals surface area contributed by atoms with E-state index in [1.807, 2.05) is 6.08 Å². The zero-order valence-corrected chi connectivity index (χ0v) is 60.6. The lowest BCUT2D eigenvalue weighted by Gasteiger charge is -2.41. The number of aliphatic hydroxyl groups is 5. The highest BCUT2D eigenvalue weighted by Gasteiger charge is 2.47. The molecule has 11 nitrogen and oxygen atoms in total. The Morgan fingerprint density at radius 2 is 0.766 bits per heavy atom. The van der Waals surface area contributed by atoms with Crippen LogP contribution in [0.25, 0.3) is 0 Å². The van der Waals surface area contributed by atoms with Crippen molar-refractivity contribution in [2.24, 2.45) is 0 Å². The standard InChI is InChI=1S/C83H145NO10/c1-4-7-10-13-16-19-22-25-27-29-31-33-35-37-39-41-43-45-47-49-51-53-56-59-62-65-68-71-78(88)94-81-80(90)79(89)77(72-85)93-83(81)92-73-74(75(86)69-66-63-60-57-54-24-21-18-15-12-9-6-3)84-82(91)76(87)70-67-64-61-58-55-52-50-48-46-44-42-40-38-36-34-32-30-28-26-23-20-17-14-11-8-5-2/h8,11,16-17,19-20,25-28,31-34,38,40,66,69,74-77,79-81,83,85-87,89-90H,4-7,9-10,12-15,18,21-24,29-30,35-37,39,41-65,67-68,70-73H2,1-3H3,(H,84,91)/b11-8-,19-16-,20-17-,27-25-,28-26-,33-31-,34-32-,40-38-,69-66+. The van der Waals surface area contributed by atoms with Gasteiger partial charge in [0.2, 0.25) is 5.91 Å². The van der Waals surface area contributed by atoms with Crippen LogP contribution in [-0.4, -0.2) is 99.6 Å². The van der Waals surface area contributed by atoms with Crippen LogP contribution < -0.4 is 5.32 Å². The lowest BCUT2D eigenvalue weighted by Crippen LogP contribution is -2.61. The molecule has 1 saturated heterocycles. The molecule has 0 spiro atoms. The first-order valence-electron chi connectivity index (χ1n) is 39.2. The minimum absolute atomic E-state index is 0.119. The second-order valence-corrected chi connectivity index (χ2v) is 26.7. The molecule has 94 heavy (non-hydrogen) atoms. The van der Waals surface area contributed by atoms with Crippen LogP contribution in [0.2, 0.25) is 0 Å². The van der Waals surface area contributed by atoms with Gasteiger partial charge in [0.15, 0.2) is 12.4 Å². The number of hydrogen-bond acceptors (Lipinski definition) is 10. The fourth-order valence-electron chi connectivity index (χ4n) is 11.8. The van der Waals surface area contributed by atoms with Crippen LogP contribution in [0.1, 0.15) is 342 Å². The second-order valence-electron chi connectivity index (χ2n) is 26.7. The molecule has 0 radical (unpaired) electrons. The van der Waals surface area contributed by atoms with Crippen molar-refractivity contribution in [2.75, 3.05) is 13.2 Å². The third kappa shape index (κ3) is 55.3. The number of allylic oxidation sites excluding steroid dienone is 17. The van der Waals surface area contributed by atoms with Gasteiger partial charge in [-0.3, -0.25) is 9.59 Å². The molecular formula is C83H145NO10. The maximum absolute atomic E-state index is 13.5. The predicted octanol–water partition coefficient (Wildman–Crippen LogP) is 21.1. The average molecular weight is 1320 g/mol. The Labute approximate surface area is 577 Å². The number of rotatable bonds is 67. The highest BCUT2D eigenvalue weighted by atomic mass is 16.7. The molecule has 0 aromatic rings. The van der Waals surface area contributed by atoms with Crippen molar-refractivity contribution < 1.29 is 49.3 Å². The molecule has 542 valence electrons. The number of hydrogen-bond donors (Lipinski definition) is 6. The van der Waals surface area contributed by atoms with Crippen LogP contribution in [0.15, 0.2) is 109 Å². The number of carbonyl (C=O) groups excluding carboxylic acids is 2. The van der Waals surface area contributed by atoms with Crippen molar-refractivity contribution >= 4 is 11.9 Å². The predicted molar refractivity (Wildman–Crippen MR) is 398 cm³/mol. The van der Waals surface area contributed by atoms with E-state index in [0.717, 1.165) is 109 Å². The van der Waals surface area contributed by atoms with Crippen molar-refractivity contribution in [3.8, 4) is 0 Å². The fourth-order valence-corrected chi connectivity index (χ4v) is 11.8. The Hall–Kier alpha value is -3.68. The van der Waals surface area contributed by atoms with E-state index in [0.29, 0.717) is 12.8 Å². The molecule has 1 heterocycles. The van der Waals surface area contributed by atoms with Gasteiger partial charge in [0.25, 0.3) is 0 Å². The molecule has 1 aliphatic rings. The first-order chi connectivity index (χ1) is 46.2. The van der Waals surface area contributed by atoms with Gasteiger partial charge in [-0.15, -0.1) is 0 Å². The molecule has 0 saturated carbocycles. The summed E-state index contributed by atoms with van der Waals surface area (Å²) in [5.74, 6) is -1.19. The molecule has 1 amide bonds. The maximum Gasteiger partial charge on any atom is 0.306 e. The Kier molecular flexibility index (Phi) is 65.1. The van der Waals surface area contributed by atoms with E-state index in [1.54, 1.807) is 6.08 Å². The van der Waals surface area contributed by atoms with E-state index in [-0.39, 0.29) is 19.4 Å². The van der Waals surface area contributed by atoms with Gasteiger partial charge in [0, 0.05) is 6.42 Å². The van der Waals surface area contributed by atoms with Gasteiger partial charge in [-0.2, -0.15) is 0 Å². The van der Waals surface area contributed by atoms with Crippen LogP contribution in [0.4, 0.5) is 0 Å². The monoisotopic (exact) mass is 1320 g/mol. The summed E-state index contributed by atoms with van der Waals surface area (Å²) < 4.78 is 17.7. The molecule has 8 atom stereocenters. The molecule has 11 heteroatoms. The summed E-state index contributed by atoms with van der Waals surface area (Å²) in [6.07, 6.45) is 85.6. The van der Waals surface area contributed by atoms with Gasteiger partial charge in [-0.1, -0.05) is 336 Å². The number of ether oxygens (including phenoxy) is 3. The topological polar surface area (TPSA) is 175 Å². The summed E-state index contributed by atoms with van der Waals surface area (Å²) in [6.45, 7) is 5.69. The van der Waals surface area contributed by atoms with Crippen molar-refractivity contribution in [3.05, 3.63) is 109 Å². The summed E-state index contributed by atoms with van der Waals surface area (Å²) in [4.78, 5) is 26.8. The number of aliphatic hydroxyl groups excluding tert-OH is 5. The van der Waals surface area contributed by atoms with E-state index >= 15 is 0 Å². The normalized spacial score (nSPS) is 18.4. The highest BCUT2D eigenvalue weighted by Crippen LogP contribution is 2.26. The van der Waals surface area contributed by atoms with E-state index in [1.165, 1.54) is 186 Å². The number of unbranched alkanes of at least 4 members (excludes halogenated alkanes) is 37. The molecule has 6 N–H and O–H groups in total. The number of amides is 1. The maximum atomic E-state index is 13.5. The van der Waals surface area contributed by atoms with Crippen molar-refractivity contribution in [3.63, 3.8) is 0 Å². The van der Waals surface area contributed by atoms with Gasteiger partial charge in [0.05, 0.1) is 25.4 Å². The Balaban J connectivity index is 2.51. The minimum atomic E-state index is -1.62. The summed E-state index contributed by atoms with van der Waals surface area (Å²) >= 11 is 0. The average Bonchev–Trinajstić information content (AvgIpc) is 0.828. The van der Waals surface area contributed by atoms with E-state index in [9.17, 15) is 35.1 Å². The zero-order chi connectivity index (χ0) is 68.1. The van der Waals surface area contributed by atoms with Crippen LogP contribution in [0.5, 0.6) is 0 Å². The molecule has 1 aliphatic heterocycles. The summed E-state index contributed by atoms with van der Waals surface area (Å²) in [5, 5.41) is 57.4. The van der Waals surface area contributed by atoms with Crippen molar-refractivity contribution in [1.82, 2.24) is 5.32 Å². The second kappa shape index (κ2) is 69.2. The van der Waals surface area contributed by atoms with Gasteiger partial charge in [-0.25, -0.2) is 0 Å². The molecule has 8 unspecified atom stereocenters. The fraction of sp³-hybridized carbons (Fsp3) is 0.759. The first-order valence-corrected chi connectivity index (χ1v) is 39.2. The largest absolute Gasteiger partial charge is 0.454 e. The van der Waals surface area contributed by atoms with Crippen LogP contribution in [0, 0.1) is 0 Å². The van der Waals surface area contributed by atoms with Gasteiger partial charge < -0.3 is 45.1 Å². The van der Waals surface area contributed by atoms with Crippen LogP contribution in [-0.2, 0) is 23.8 Å². The lowest BCUT2D eigenvalue weighted by molar-refractivity contribution is -0.305. The van der Waals surface area contributed by atoms with Crippen molar-refractivity contribution in [1.29, 1.82) is 0 Å². The lowest BCUT2D eigenvalue weighted by atomic mass is 9.99. The first kappa shape index (κ1) is 88.3. The summed E-state index contributed by atoms with van der Waals surface area (Å²) in [6, 6.07) is -1.03. The van der Waals surface area contributed by atoms with E-state index in [2.05, 4.69) is 123 Å². The molecule has 0 aromatic carbocycles. The zero-order valence-electron chi connectivity index (χ0n) is 60.6. The van der Waals surface area contributed by atoms with E-state index in [4.69, 9.17) is 14.2 Å². The highest BCUT2D eigenvalue weighted by molar-refractivity contribution is 5.80. The SMILES string of the molecule is CC/C=C\C/C=C\C/C=C\C/C=C\C/C=C\CCCCCCCCCCCCC(O)C(=O)NC(COC1OC(CO)C(O)C(O)C1OC(=O)CCCCCCCCCCCCCCCC/C=C\C/C=C\C/C=C\CCCCC)C(O)/C=C/CCCCCCCCCCCC. The van der Waals surface area contributed by atoms with Crippen LogP contribution in [0.3, 0.4) is 0 Å². The summed E-state index contributed by atoms with van der Waals surface area (Å²) in [5.41, 5.74) is 0. The Morgan fingerprint density at radius 1 is 0.426 bits per heavy atom. The third-order valence-electron chi connectivity index (χ3n) is 17.9. The molecular weight excluding hydrogens is 1170 g/mol. The number of carbonyl (C=O) groups is 2. The smallest absolute Gasteiger partial charge is 0.306 e. The van der Waals surface area contributed by atoms with Crippen LogP contribution >= 0.6 is 0 Å². The van der Waals surface area contributed by atoms with Gasteiger partial charge >= 0.3 is 5.97 Å². The molecule has 0 bridgehead atoms. The Morgan fingerprint density at radius 3 is 1.17 bits per heavy atom. The quantitative estimate of drug-likeness (QED) is 0.0195. The Bertz CT molecular complexity index is 1950. The number of nitrogens with one attached hydrogen (secondary N) is 1. The molecule has 0 aromatic heterocycles. The molecule has 1 rings (SSSR count). The third-order valence-corrected chi connectivity index (χ3v) is 17.9. The minimum Gasteiger partial charge on any atom is -0.454 e. The van der Waals surface area contributed by atoms with Gasteiger partial charge in [0.1, 0.15) is 24.4 Å². The van der Waals surface area contributed by atoms with Crippen molar-refractivity contribution in [2.45, 2.75) is 391 Å².